The van der Waals surface area contributed by atoms with Crippen molar-refractivity contribution in [1.82, 2.24) is 15.3 Å². The highest BCUT2D eigenvalue weighted by atomic mass is 16.1. The summed E-state index contributed by atoms with van der Waals surface area (Å²) < 4.78 is 0. The highest BCUT2D eigenvalue weighted by molar-refractivity contribution is 5.79. The number of amides is 1. The largest absolute Gasteiger partial charge is 0.356 e. The third-order valence-electron chi connectivity index (χ3n) is 4.92. The Morgan fingerprint density at radius 1 is 1.14 bits per heavy atom. The minimum absolute atomic E-state index is 0.0705. The molecule has 3 rings (SSSR count). The van der Waals surface area contributed by atoms with E-state index in [0.717, 1.165) is 38.4 Å². The standard InChI is InChI=1S/C17H26N4O/c22-16(20-12-14-6-2-1-3-7-14)15-8-4-11-21(13-15)17-18-9-5-10-19-17/h5,9-10,14-15H,1-4,6-8,11-13H2,(H,20,22)/t15-/m1/s1. The lowest BCUT2D eigenvalue weighted by molar-refractivity contribution is -0.125. The number of anilines is 1. The fraction of sp³-hybridized carbons (Fsp3) is 0.706. The number of carbonyl (C=O) groups is 1. The molecule has 5 heteroatoms. The van der Waals surface area contributed by atoms with Crippen LogP contribution in [0.5, 0.6) is 0 Å². The number of aromatic nitrogens is 2. The Bertz CT molecular complexity index is 473. The van der Waals surface area contributed by atoms with Crippen LogP contribution in [0.4, 0.5) is 5.95 Å². The molecule has 1 aliphatic carbocycles. The van der Waals surface area contributed by atoms with Gasteiger partial charge in [0.15, 0.2) is 0 Å². The fourth-order valence-corrected chi connectivity index (χ4v) is 3.61. The van der Waals surface area contributed by atoms with E-state index in [1.807, 2.05) is 6.07 Å². The molecule has 5 nitrogen and oxygen atoms in total. The lowest BCUT2D eigenvalue weighted by Crippen LogP contribution is -2.44. The monoisotopic (exact) mass is 302 g/mol. The molecule has 1 aromatic heterocycles. The van der Waals surface area contributed by atoms with Gasteiger partial charge in [-0.25, -0.2) is 9.97 Å². The molecule has 120 valence electrons. The topological polar surface area (TPSA) is 58.1 Å². The highest BCUT2D eigenvalue weighted by Crippen LogP contribution is 2.24. The first kappa shape index (κ1) is 15.3. The van der Waals surface area contributed by atoms with Crippen molar-refractivity contribution in [2.24, 2.45) is 11.8 Å². The molecule has 0 bridgehead atoms. The first-order chi connectivity index (χ1) is 10.8. The van der Waals surface area contributed by atoms with E-state index < -0.39 is 0 Å². The van der Waals surface area contributed by atoms with Crippen LogP contribution in [0.15, 0.2) is 18.5 Å². The summed E-state index contributed by atoms with van der Waals surface area (Å²) >= 11 is 0. The zero-order chi connectivity index (χ0) is 15.2. The van der Waals surface area contributed by atoms with Gasteiger partial charge in [0.2, 0.25) is 11.9 Å². The Kier molecular flexibility index (Phi) is 5.24. The Balaban J connectivity index is 1.49. The summed E-state index contributed by atoms with van der Waals surface area (Å²) in [6.07, 6.45) is 12.1. The van der Waals surface area contributed by atoms with Gasteiger partial charge in [-0.3, -0.25) is 4.79 Å². The molecular formula is C17H26N4O. The summed E-state index contributed by atoms with van der Waals surface area (Å²) in [6.45, 7) is 2.54. The molecule has 0 unspecified atom stereocenters. The lowest BCUT2D eigenvalue weighted by Gasteiger charge is -2.32. The van der Waals surface area contributed by atoms with Gasteiger partial charge in [0, 0.05) is 32.0 Å². The number of carbonyl (C=O) groups excluding carboxylic acids is 1. The lowest BCUT2D eigenvalue weighted by atomic mass is 9.89. The molecule has 2 heterocycles. The van der Waals surface area contributed by atoms with Gasteiger partial charge < -0.3 is 10.2 Å². The molecule has 1 amide bonds. The van der Waals surface area contributed by atoms with Gasteiger partial charge in [-0.2, -0.15) is 0 Å². The van der Waals surface area contributed by atoms with Gasteiger partial charge in [0.1, 0.15) is 0 Å². The van der Waals surface area contributed by atoms with Gasteiger partial charge in [0.05, 0.1) is 5.92 Å². The normalized spacial score (nSPS) is 23.3. The summed E-state index contributed by atoms with van der Waals surface area (Å²) in [5.41, 5.74) is 0. The molecule has 2 aliphatic rings. The molecular weight excluding hydrogens is 276 g/mol. The molecule has 1 aliphatic heterocycles. The Morgan fingerprint density at radius 2 is 1.91 bits per heavy atom. The van der Waals surface area contributed by atoms with Gasteiger partial charge in [-0.15, -0.1) is 0 Å². The number of rotatable bonds is 4. The van der Waals surface area contributed by atoms with E-state index >= 15 is 0 Å². The van der Waals surface area contributed by atoms with Gasteiger partial charge >= 0.3 is 0 Å². The van der Waals surface area contributed by atoms with Crippen LogP contribution < -0.4 is 10.2 Å². The summed E-state index contributed by atoms with van der Waals surface area (Å²) in [7, 11) is 0. The number of hydrogen-bond donors (Lipinski definition) is 1. The van der Waals surface area contributed by atoms with Crippen molar-refractivity contribution in [1.29, 1.82) is 0 Å². The van der Waals surface area contributed by atoms with Gasteiger partial charge in [0.25, 0.3) is 0 Å². The van der Waals surface area contributed by atoms with Crippen LogP contribution in [-0.4, -0.2) is 35.5 Å². The number of piperidine rings is 1. The molecule has 0 radical (unpaired) electrons. The maximum atomic E-state index is 12.4. The number of nitrogens with zero attached hydrogens (tertiary/aromatic N) is 3. The third kappa shape index (κ3) is 3.96. The zero-order valence-electron chi connectivity index (χ0n) is 13.2. The minimum Gasteiger partial charge on any atom is -0.356 e. The van der Waals surface area contributed by atoms with E-state index in [0.29, 0.717) is 5.92 Å². The van der Waals surface area contributed by atoms with Crippen LogP contribution >= 0.6 is 0 Å². The van der Waals surface area contributed by atoms with Crippen LogP contribution in [0.25, 0.3) is 0 Å². The maximum Gasteiger partial charge on any atom is 0.225 e. The first-order valence-electron chi connectivity index (χ1n) is 8.62. The number of nitrogens with one attached hydrogen (secondary N) is 1. The average Bonchev–Trinajstić information content (AvgIpc) is 2.61. The summed E-state index contributed by atoms with van der Waals surface area (Å²) in [5.74, 6) is 1.72. The van der Waals surface area contributed by atoms with Crippen molar-refractivity contribution in [2.45, 2.75) is 44.9 Å². The van der Waals surface area contributed by atoms with E-state index in [1.54, 1.807) is 12.4 Å². The maximum absolute atomic E-state index is 12.4. The first-order valence-corrected chi connectivity index (χ1v) is 8.62. The predicted octanol–water partition coefficient (Wildman–Crippen LogP) is 2.39. The quantitative estimate of drug-likeness (QED) is 0.928. The summed E-state index contributed by atoms with van der Waals surface area (Å²) in [5, 5.41) is 3.19. The van der Waals surface area contributed by atoms with E-state index in [4.69, 9.17) is 0 Å². The SMILES string of the molecule is O=C(NCC1CCCCC1)[C@@H]1CCCN(c2ncccn2)C1. The molecule has 22 heavy (non-hydrogen) atoms. The molecule has 0 spiro atoms. The third-order valence-corrected chi connectivity index (χ3v) is 4.92. The molecule has 1 atom stereocenters. The second-order valence-electron chi connectivity index (χ2n) is 6.58. The smallest absolute Gasteiger partial charge is 0.225 e. The zero-order valence-corrected chi connectivity index (χ0v) is 13.2. The van der Waals surface area contributed by atoms with Crippen LogP contribution in [0.1, 0.15) is 44.9 Å². The van der Waals surface area contributed by atoms with E-state index in [1.165, 1.54) is 32.1 Å². The van der Waals surface area contributed by atoms with Gasteiger partial charge in [-0.1, -0.05) is 19.3 Å². The van der Waals surface area contributed by atoms with Crippen molar-refractivity contribution in [3.8, 4) is 0 Å². The molecule has 2 fully saturated rings. The molecule has 1 N–H and O–H groups in total. The summed E-state index contributed by atoms with van der Waals surface area (Å²) in [4.78, 5) is 23.2. The van der Waals surface area contributed by atoms with Crippen molar-refractivity contribution >= 4 is 11.9 Å². The van der Waals surface area contributed by atoms with Crippen LogP contribution in [0.3, 0.4) is 0 Å². The van der Waals surface area contributed by atoms with Crippen molar-refractivity contribution in [3.63, 3.8) is 0 Å². The molecule has 1 aromatic rings. The Hall–Kier alpha value is -1.65. The van der Waals surface area contributed by atoms with Gasteiger partial charge in [-0.05, 0) is 37.7 Å². The second kappa shape index (κ2) is 7.56. The highest BCUT2D eigenvalue weighted by Gasteiger charge is 2.27. The van der Waals surface area contributed by atoms with Crippen LogP contribution in [0.2, 0.25) is 0 Å². The van der Waals surface area contributed by atoms with Crippen molar-refractivity contribution in [3.05, 3.63) is 18.5 Å². The number of hydrogen-bond acceptors (Lipinski definition) is 4. The Labute approximate surface area is 132 Å². The van der Waals surface area contributed by atoms with Crippen molar-refractivity contribution < 1.29 is 4.79 Å². The van der Waals surface area contributed by atoms with Crippen molar-refractivity contribution in [2.75, 3.05) is 24.5 Å². The fourth-order valence-electron chi connectivity index (χ4n) is 3.61. The minimum atomic E-state index is 0.0705. The summed E-state index contributed by atoms with van der Waals surface area (Å²) in [6, 6.07) is 1.82. The van der Waals surface area contributed by atoms with Crippen LogP contribution in [-0.2, 0) is 4.79 Å². The predicted molar refractivity (Wildman–Crippen MR) is 86.6 cm³/mol. The molecule has 1 saturated carbocycles. The van der Waals surface area contributed by atoms with E-state index in [-0.39, 0.29) is 11.8 Å². The molecule has 1 saturated heterocycles. The van der Waals surface area contributed by atoms with E-state index in [2.05, 4.69) is 20.2 Å². The van der Waals surface area contributed by atoms with Crippen LogP contribution in [0, 0.1) is 11.8 Å². The second-order valence-corrected chi connectivity index (χ2v) is 6.58. The average molecular weight is 302 g/mol. The van der Waals surface area contributed by atoms with E-state index in [9.17, 15) is 4.79 Å². The molecule has 0 aromatic carbocycles. The Morgan fingerprint density at radius 3 is 2.68 bits per heavy atom.